The van der Waals surface area contributed by atoms with E-state index in [-0.39, 0.29) is 5.66 Å². The third kappa shape index (κ3) is 3.15. The topological polar surface area (TPSA) is 36.8 Å². The highest BCUT2D eigenvalue weighted by Crippen LogP contribution is 2.31. The molecular weight excluding hydrogens is 138 g/mol. The van der Waals surface area contributed by atoms with E-state index in [1.54, 1.807) is 0 Å². The molecule has 0 spiro atoms. The highest BCUT2D eigenvalue weighted by molar-refractivity contribution is 4.89. The second kappa shape index (κ2) is 3.49. The van der Waals surface area contributed by atoms with Gasteiger partial charge in [-0.25, -0.2) is 0 Å². The second-order valence-corrected chi connectivity index (χ2v) is 2.90. The van der Waals surface area contributed by atoms with E-state index in [4.69, 9.17) is 6.42 Å². The molecule has 0 unspecified atom stereocenters. The normalized spacial score (nSPS) is 17.8. The Morgan fingerprint density at radius 3 is 2.82 bits per heavy atom. The minimum Gasteiger partial charge on any atom is -0.306 e. The van der Waals surface area contributed by atoms with Crippen molar-refractivity contribution in [2.45, 2.75) is 25.4 Å². The highest BCUT2D eigenvalue weighted by Gasteiger charge is 2.32. The van der Waals surface area contributed by atoms with Crippen LogP contribution >= 0.6 is 0 Å². The summed E-state index contributed by atoms with van der Waals surface area (Å²) in [5.41, 5.74) is -0.0438. The molecule has 0 aromatic carbocycles. The van der Waals surface area contributed by atoms with Crippen LogP contribution in [0.15, 0.2) is 10.2 Å². The lowest BCUT2D eigenvalue weighted by Gasteiger charge is -2.02. The lowest BCUT2D eigenvalue weighted by Crippen LogP contribution is -2.17. The summed E-state index contributed by atoms with van der Waals surface area (Å²) in [4.78, 5) is 0. The number of nitrogens with one attached hydrogen (secondary N) is 1. The zero-order chi connectivity index (χ0) is 8.16. The molecule has 0 aromatic rings. The van der Waals surface area contributed by atoms with Crippen LogP contribution in [-0.2, 0) is 0 Å². The van der Waals surface area contributed by atoms with Gasteiger partial charge in [-0.2, -0.15) is 10.2 Å². The first-order valence-corrected chi connectivity index (χ1v) is 3.85. The Bertz CT molecular complexity index is 184. The second-order valence-electron chi connectivity index (χ2n) is 2.90. The zero-order valence-corrected chi connectivity index (χ0v) is 6.80. The maximum atomic E-state index is 5.06. The quantitative estimate of drug-likeness (QED) is 0.464. The minimum absolute atomic E-state index is 0.0438. The molecule has 0 saturated heterocycles. The minimum atomic E-state index is -0.0438. The molecule has 0 atom stereocenters. The van der Waals surface area contributed by atoms with Gasteiger partial charge < -0.3 is 5.32 Å². The summed E-state index contributed by atoms with van der Waals surface area (Å²) in [6.07, 6.45) is 7.18. The van der Waals surface area contributed by atoms with Gasteiger partial charge in [-0.05, 0) is 26.3 Å². The van der Waals surface area contributed by atoms with Crippen molar-refractivity contribution in [3.8, 4) is 12.3 Å². The van der Waals surface area contributed by atoms with Crippen LogP contribution in [0.25, 0.3) is 0 Å². The van der Waals surface area contributed by atoms with E-state index in [0.29, 0.717) is 6.54 Å². The van der Waals surface area contributed by atoms with Gasteiger partial charge in [0.15, 0.2) is 5.66 Å². The molecular formula is C8H13N3. The van der Waals surface area contributed by atoms with E-state index in [1.165, 1.54) is 0 Å². The fourth-order valence-corrected chi connectivity index (χ4v) is 0.894. The van der Waals surface area contributed by atoms with Crippen LogP contribution in [0.2, 0.25) is 0 Å². The molecule has 1 rings (SSSR count). The molecule has 60 valence electrons. The molecule has 3 heteroatoms. The van der Waals surface area contributed by atoms with Gasteiger partial charge in [-0.15, -0.1) is 6.42 Å². The molecule has 0 radical (unpaired) electrons. The molecule has 1 N–H and O–H groups in total. The van der Waals surface area contributed by atoms with Gasteiger partial charge in [-0.1, -0.05) is 5.92 Å². The van der Waals surface area contributed by atoms with Crippen molar-refractivity contribution in [1.29, 1.82) is 0 Å². The molecule has 11 heavy (non-hydrogen) atoms. The molecule has 0 bridgehead atoms. The third-order valence-corrected chi connectivity index (χ3v) is 1.67. The average Bonchev–Trinajstić information content (AvgIpc) is 2.69. The first-order chi connectivity index (χ1) is 5.27. The summed E-state index contributed by atoms with van der Waals surface area (Å²) >= 11 is 0. The maximum absolute atomic E-state index is 5.06. The predicted octanol–water partition coefficient (Wildman–Crippen LogP) is 1.17. The number of hydrogen-bond donors (Lipinski definition) is 1. The Balaban J connectivity index is 1.86. The summed E-state index contributed by atoms with van der Waals surface area (Å²) in [7, 11) is 0. The molecule has 3 nitrogen and oxygen atoms in total. The molecule has 1 heterocycles. The first kappa shape index (κ1) is 8.22. The number of rotatable bonds is 5. The van der Waals surface area contributed by atoms with Crippen molar-refractivity contribution in [2.24, 2.45) is 10.2 Å². The Kier molecular flexibility index (Phi) is 2.61. The third-order valence-electron chi connectivity index (χ3n) is 1.67. The van der Waals surface area contributed by atoms with Crippen molar-refractivity contribution < 1.29 is 0 Å². The van der Waals surface area contributed by atoms with Crippen LogP contribution in [0.1, 0.15) is 19.8 Å². The van der Waals surface area contributed by atoms with Crippen LogP contribution in [0.5, 0.6) is 0 Å². The van der Waals surface area contributed by atoms with E-state index in [1.807, 2.05) is 6.92 Å². The van der Waals surface area contributed by atoms with Gasteiger partial charge in [0.25, 0.3) is 0 Å². The largest absolute Gasteiger partial charge is 0.306 e. The van der Waals surface area contributed by atoms with Crippen molar-refractivity contribution >= 4 is 0 Å². The van der Waals surface area contributed by atoms with Crippen LogP contribution in [-0.4, -0.2) is 18.8 Å². The highest BCUT2D eigenvalue weighted by atomic mass is 15.4. The lowest BCUT2D eigenvalue weighted by molar-refractivity contribution is 0.548. The van der Waals surface area contributed by atoms with E-state index in [0.717, 1.165) is 19.4 Å². The SMILES string of the molecule is C#CCNCCCC1(C)N=N1. The van der Waals surface area contributed by atoms with Crippen molar-refractivity contribution in [3.05, 3.63) is 0 Å². The van der Waals surface area contributed by atoms with Gasteiger partial charge >= 0.3 is 0 Å². The summed E-state index contributed by atoms with van der Waals surface area (Å²) < 4.78 is 0. The Labute approximate surface area is 67.3 Å². The zero-order valence-electron chi connectivity index (χ0n) is 6.80. The van der Waals surface area contributed by atoms with Crippen molar-refractivity contribution in [2.75, 3.05) is 13.1 Å². The van der Waals surface area contributed by atoms with Gasteiger partial charge in [0, 0.05) is 0 Å². The van der Waals surface area contributed by atoms with Crippen molar-refractivity contribution in [3.63, 3.8) is 0 Å². The standard InChI is InChI=1S/C8H13N3/c1-3-6-9-7-4-5-8(2)10-11-8/h1,9H,4-7H2,2H3. The molecule has 1 aliphatic rings. The monoisotopic (exact) mass is 151 g/mol. The summed E-state index contributed by atoms with van der Waals surface area (Å²) in [5, 5.41) is 10.9. The summed E-state index contributed by atoms with van der Waals surface area (Å²) in [6.45, 7) is 3.66. The van der Waals surface area contributed by atoms with E-state index < -0.39 is 0 Å². The Morgan fingerprint density at radius 2 is 2.27 bits per heavy atom. The molecule has 0 aliphatic carbocycles. The number of hydrogen-bond acceptors (Lipinski definition) is 3. The van der Waals surface area contributed by atoms with Crippen LogP contribution in [0.4, 0.5) is 0 Å². The molecule has 0 aromatic heterocycles. The molecule has 0 amide bonds. The first-order valence-electron chi connectivity index (χ1n) is 3.85. The van der Waals surface area contributed by atoms with Crippen LogP contribution < -0.4 is 5.32 Å². The van der Waals surface area contributed by atoms with Crippen molar-refractivity contribution in [1.82, 2.24) is 5.32 Å². The van der Waals surface area contributed by atoms with Gasteiger partial charge in [-0.3, -0.25) is 0 Å². The molecule has 0 saturated carbocycles. The van der Waals surface area contributed by atoms with E-state index >= 15 is 0 Å². The lowest BCUT2D eigenvalue weighted by atomic mass is 10.1. The predicted molar refractivity (Wildman–Crippen MR) is 44.2 cm³/mol. The molecule has 0 fully saturated rings. The number of terminal acetylenes is 1. The van der Waals surface area contributed by atoms with Gasteiger partial charge in [0.05, 0.1) is 6.54 Å². The summed E-state index contributed by atoms with van der Waals surface area (Å²) in [6, 6.07) is 0. The fourth-order valence-electron chi connectivity index (χ4n) is 0.894. The van der Waals surface area contributed by atoms with Crippen LogP contribution in [0, 0.1) is 12.3 Å². The maximum Gasteiger partial charge on any atom is 0.188 e. The Hall–Kier alpha value is -0.880. The Morgan fingerprint density at radius 1 is 1.55 bits per heavy atom. The smallest absolute Gasteiger partial charge is 0.188 e. The van der Waals surface area contributed by atoms with Gasteiger partial charge in [0.2, 0.25) is 0 Å². The van der Waals surface area contributed by atoms with E-state index in [2.05, 4.69) is 21.5 Å². The number of nitrogens with zero attached hydrogens (tertiary/aromatic N) is 2. The van der Waals surface area contributed by atoms with Gasteiger partial charge in [0.1, 0.15) is 0 Å². The average molecular weight is 151 g/mol. The van der Waals surface area contributed by atoms with E-state index in [9.17, 15) is 0 Å². The summed E-state index contributed by atoms with van der Waals surface area (Å²) in [5.74, 6) is 2.52. The molecule has 1 aliphatic heterocycles. The fraction of sp³-hybridized carbons (Fsp3) is 0.750. The van der Waals surface area contributed by atoms with Crippen LogP contribution in [0.3, 0.4) is 0 Å².